The molecule has 0 unspecified atom stereocenters. The minimum absolute atomic E-state index is 0.235. The van der Waals surface area contributed by atoms with Gasteiger partial charge in [-0.1, -0.05) is 23.9 Å². The van der Waals surface area contributed by atoms with E-state index in [0.717, 1.165) is 35.3 Å². The van der Waals surface area contributed by atoms with Gasteiger partial charge in [0, 0.05) is 25.1 Å². The average Bonchev–Trinajstić information content (AvgIpc) is 2.88. The van der Waals surface area contributed by atoms with E-state index in [1.165, 1.54) is 0 Å². The van der Waals surface area contributed by atoms with Crippen LogP contribution >= 0.6 is 11.8 Å². The minimum atomic E-state index is 0.235. The summed E-state index contributed by atoms with van der Waals surface area (Å²) in [5.41, 5.74) is 0.809. The second-order valence-electron chi connectivity index (χ2n) is 4.20. The minimum Gasteiger partial charge on any atom is -0.396 e. The lowest BCUT2D eigenvalue weighted by molar-refractivity contribution is 0.287. The van der Waals surface area contributed by atoms with Gasteiger partial charge in [0.15, 0.2) is 11.0 Å². The molecule has 2 aromatic heterocycles. The van der Waals surface area contributed by atoms with Crippen molar-refractivity contribution in [2.45, 2.75) is 24.5 Å². The Balaban J connectivity index is 2.17. The van der Waals surface area contributed by atoms with E-state index in [9.17, 15) is 0 Å². The lowest BCUT2D eigenvalue weighted by Crippen LogP contribution is -2.01. The first-order chi connectivity index (χ1) is 9.86. The van der Waals surface area contributed by atoms with Gasteiger partial charge in [-0.3, -0.25) is 9.55 Å². The van der Waals surface area contributed by atoms with Crippen LogP contribution in [0, 0.1) is 0 Å². The van der Waals surface area contributed by atoms with Gasteiger partial charge >= 0.3 is 0 Å². The number of nitrogens with zero attached hydrogens (tertiary/aromatic N) is 4. The molecule has 0 aromatic carbocycles. The summed E-state index contributed by atoms with van der Waals surface area (Å²) in [7, 11) is 0. The summed E-state index contributed by atoms with van der Waals surface area (Å²) in [5, 5.41) is 18.1. The topological polar surface area (TPSA) is 63.8 Å². The van der Waals surface area contributed by atoms with Crippen molar-refractivity contribution in [3.63, 3.8) is 0 Å². The van der Waals surface area contributed by atoms with Crippen LogP contribution in [0.4, 0.5) is 0 Å². The molecule has 20 heavy (non-hydrogen) atoms. The van der Waals surface area contributed by atoms with Crippen LogP contribution in [0.5, 0.6) is 0 Å². The Morgan fingerprint density at radius 2 is 2.20 bits per heavy atom. The molecule has 2 rings (SSSR count). The Morgan fingerprint density at radius 3 is 2.90 bits per heavy atom. The molecule has 1 N–H and O–H groups in total. The van der Waals surface area contributed by atoms with Gasteiger partial charge in [-0.2, -0.15) is 0 Å². The maximum atomic E-state index is 8.79. The molecule has 0 radical (unpaired) electrons. The van der Waals surface area contributed by atoms with Crippen LogP contribution in [0.25, 0.3) is 11.5 Å². The van der Waals surface area contributed by atoms with E-state index in [1.807, 2.05) is 28.8 Å². The van der Waals surface area contributed by atoms with Crippen LogP contribution in [0.15, 0.2) is 42.2 Å². The summed E-state index contributed by atoms with van der Waals surface area (Å²) in [6.45, 7) is 4.67. The molecule has 0 saturated carbocycles. The van der Waals surface area contributed by atoms with Crippen LogP contribution in [0.2, 0.25) is 0 Å². The molecule has 0 saturated heterocycles. The largest absolute Gasteiger partial charge is 0.396 e. The maximum absolute atomic E-state index is 8.79. The molecule has 0 aliphatic rings. The third kappa shape index (κ3) is 3.68. The van der Waals surface area contributed by atoms with Gasteiger partial charge in [0.05, 0.1) is 0 Å². The Kier molecular flexibility index (Phi) is 5.76. The van der Waals surface area contributed by atoms with Gasteiger partial charge in [-0.05, 0) is 25.0 Å². The molecular formula is C14H18N4OS. The summed E-state index contributed by atoms with van der Waals surface area (Å²) in [6.07, 6.45) is 5.35. The first-order valence-electron chi connectivity index (χ1n) is 6.56. The van der Waals surface area contributed by atoms with Crippen LogP contribution < -0.4 is 0 Å². The van der Waals surface area contributed by atoms with Crippen LogP contribution in [-0.2, 0) is 6.54 Å². The SMILES string of the molecule is C=CCn1c(SCCCCO)nnc1-c1ccccn1. The third-order valence-electron chi connectivity index (χ3n) is 2.71. The Morgan fingerprint density at radius 1 is 1.30 bits per heavy atom. The molecule has 0 spiro atoms. The van der Waals surface area contributed by atoms with Crippen LogP contribution in [0.1, 0.15) is 12.8 Å². The summed E-state index contributed by atoms with van der Waals surface area (Å²) in [4.78, 5) is 4.31. The lowest BCUT2D eigenvalue weighted by Gasteiger charge is -2.06. The van der Waals surface area contributed by atoms with Gasteiger partial charge in [0.25, 0.3) is 0 Å². The first kappa shape index (κ1) is 14.7. The fourth-order valence-electron chi connectivity index (χ4n) is 1.75. The molecule has 0 fully saturated rings. The van der Waals surface area contributed by atoms with E-state index in [-0.39, 0.29) is 6.61 Å². The molecule has 6 heteroatoms. The molecule has 0 aliphatic carbocycles. The number of allylic oxidation sites excluding steroid dienone is 1. The predicted molar refractivity (Wildman–Crippen MR) is 80.5 cm³/mol. The van der Waals surface area contributed by atoms with Crippen molar-refractivity contribution in [2.24, 2.45) is 0 Å². The van der Waals surface area contributed by atoms with Crippen molar-refractivity contribution >= 4 is 11.8 Å². The molecule has 5 nitrogen and oxygen atoms in total. The van der Waals surface area contributed by atoms with Crippen molar-refractivity contribution < 1.29 is 5.11 Å². The van der Waals surface area contributed by atoms with Crippen LogP contribution in [-0.4, -0.2) is 37.2 Å². The summed E-state index contributed by atoms with van der Waals surface area (Å²) in [5.74, 6) is 1.67. The number of hydrogen-bond donors (Lipinski definition) is 1. The number of thioether (sulfide) groups is 1. The van der Waals surface area contributed by atoms with Gasteiger partial charge in [-0.25, -0.2) is 0 Å². The standard InChI is InChI=1S/C14H18N4OS/c1-2-9-18-13(12-7-3-4-8-15-12)16-17-14(18)20-11-6-5-10-19/h2-4,7-8,19H,1,5-6,9-11H2. The molecule has 0 bridgehead atoms. The number of aromatic nitrogens is 4. The number of hydrogen-bond acceptors (Lipinski definition) is 5. The quantitative estimate of drug-likeness (QED) is 0.459. The number of aliphatic hydroxyl groups is 1. The van der Waals surface area contributed by atoms with Gasteiger partial charge < -0.3 is 5.11 Å². The van der Waals surface area contributed by atoms with E-state index in [0.29, 0.717) is 6.54 Å². The van der Waals surface area contributed by atoms with Crippen molar-refractivity contribution in [2.75, 3.05) is 12.4 Å². The first-order valence-corrected chi connectivity index (χ1v) is 7.54. The molecule has 106 valence electrons. The molecule has 2 heterocycles. The Hall–Kier alpha value is -1.66. The highest BCUT2D eigenvalue weighted by Crippen LogP contribution is 2.23. The van der Waals surface area contributed by atoms with E-state index in [1.54, 1.807) is 18.0 Å². The Labute approximate surface area is 122 Å². The highest BCUT2D eigenvalue weighted by molar-refractivity contribution is 7.99. The zero-order valence-corrected chi connectivity index (χ0v) is 12.1. The summed E-state index contributed by atoms with van der Waals surface area (Å²) < 4.78 is 2.01. The molecular weight excluding hydrogens is 272 g/mol. The fourth-order valence-corrected chi connectivity index (χ4v) is 2.70. The number of aliphatic hydroxyl groups excluding tert-OH is 1. The zero-order chi connectivity index (χ0) is 14.2. The lowest BCUT2D eigenvalue weighted by atomic mass is 10.3. The van der Waals surface area contributed by atoms with Crippen molar-refractivity contribution in [1.29, 1.82) is 0 Å². The maximum Gasteiger partial charge on any atom is 0.191 e. The van der Waals surface area contributed by atoms with E-state index in [4.69, 9.17) is 5.11 Å². The van der Waals surface area contributed by atoms with Gasteiger partial charge in [-0.15, -0.1) is 16.8 Å². The average molecular weight is 290 g/mol. The highest BCUT2D eigenvalue weighted by atomic mass is 32.2. The van der Waals surface area contributed by atoms with Crippen molar-refractivity contribution in [3.05, 3.63) is 37.1 Å². The summed E-state index contributed by atoms with van der Waals surface area (Å²) in [6, 6.07) is 5.73. The van der Waals surface area contributed by atoms with E-state index < -0.39 is 0 Å². The molecule has 0 amide bonds. The predicted octanol–water partition coefficient (Wildman–Crippen LogP) is 2.39. The Bertz CT molecular complexity index is 541. The number of rotatable bonds is 8. The highest BCUT2D eigenvalue weighted by Gasteiger charge is 2.13. The van der Waals surface area contributed by atoms with Gasteiger partial charge in [0.2, 0.25) is 0 Å². The van der Waals surface area contributed by atoms with Crippen LogP contribution in [0.3, 0.4) is 0 Å². The number of unbranched alkanes of at least 4 members (excludes halogenated alkanes) is 1. The third-order valence-corrected chi connectivity index (χ3v) is 3.76. The van der Waals surface area contributed by atoms with E-state index in [2.05, 4.69) is 21.8 Å². The molecule has 2 aromatic rings. The normalized spacial score (nSPS) is 10.7. The smallest absolute Gasteiger partial charge is 0.191 e. The summed E-state index contributed by atoms with van der Waals surface area (Å²) >= 11 is 1.65. The monoisotopic (exact) mass is 290 g/mol. The van der Waals surface area contributed by atoms with E-state index >= 15 is 0 Å². The van der Waals surface area contributed by atoms with Crippen molar-refractivity contribution in [3.8, 4) is 11.5 Å². The second kappa shape index (κ2) is 7.81. The number of pyridine rings is 1. The molecule has 0 aliphatic heterocycles. The van der Waals surface area contributed by atoms with Gasteiger partial charge in [0.1, 0.15) is 5.69 Å². The van der Waals surface area contributed by atoms with Crippen molar-refractivity contribution in [1.82, 2.24) is 19.7 Å². The molecule has 0 atom stereocenters. The second-order valence-corrected chi connectivity index (χ2v) is 5.26. The fraction of sp³-hybridized carbons (Fsp3) is 0.357. The zero-order valence-electron chi connectivity index (χ0n) is 11.3.